The Morgan fingerprint density at radius 1 is 1.17 bits per heavy atom. The Morgan fingerprint density at radius 2 is 1.90 bits per heavy atom. The SMILES string of the molecule is O=C1N[C@H](CCC(=O)N2CC(c3ccc(N4CCC(C(F)(F)F)C4)cc3)C2)CO1. The maximum atomic E-state index is 12.9. The van der Waals surface area contributed by atoms with Crippen LogP contribution in [-0.2, 0) is 9.53 Å². The molecule has 3 heterocycles. The van der Waals surface area contributed by atoms with Crippen molar-refractivity contribution in [3.05, 3.63) is 29.8 Å². The summed E-state index contributed by atoms with van der Waals surface area (Å²) in [5, 5.41) is 2.66. The van der Waals surface area contributed by atoms with Crippen molar-refractivity contribution in [1.29, 1.82) is 0 Å². The van der Waals surface area contributed by atoms with Gasteiger partial charge in [-0.15, -0.1) is 0 Å². The van der Waals surface area contributed by atoms with E-state index in [1.54, 1.807) is 9.80 Å². The van der Waals surface area contributed by atoms with Crippen LogP contribution in [0.25, 0.3) is 0 Å². The van der Waals surface area contributed by atoms with Crippen molar-refractivity contribution < 1.29 is 27.5 Å². The van der Waals surface area contributed by atoms with E-state index in [2.05, 4.69) is 5.32 Å². The van der Waals surface area contributed by atoms with Crippen molar-refractivity contribution in [3.8, 4) is 0 Å². The van der Waals surface area contributed by atoms with Gasteiger partial charge in [0.05, 0.1) is 12.0 Å². The maximum absolute atomic E-state index is 12.9. The van der Waals surface area contributed by atoms with Gasteiger partial charge in [0.1, 0.15) is 6.61 Å². The Hall–Kier alpha value is -2.45. The van der Waals surface area contributed by atoms with E-state index in [1.807, 2.05) is 24.3 Å². The fraction of sp³-hybridized carbons (Fsp3) is 0.600. The van der Waals surface area contributed by atoms with E-state index in [9.17, 15) is 22.8 Å². The zero-order valence-electron chi connectivity index (χ0n) is 16.0. The Bertz CT molecular complexity index is 762. The number of nitrogens with one attached hydrogen (secondary N) is 1. The molecule has 158 valence electrons. The number of rotatable bonds is 5. The number of cyclic esters (lactones) is 1. The first-order valence-corrected chi connectivity index (χ1v) is 9.92. The number of benzene rings is 1. The Morgan fingerprint density at radius 3 is 2.48 bits per heavy atom. The molecule has 6 nitrogen and oxygen atoms in total. The van der Waals surface area contributed by atoms with Crippen LogP contribution in [0.5, 0.6) is 0 Å². The summed E-state index contributed by atoms with van der Waals surface area (Å²) in [4.78, 5) is 26.8. The highest BCUT2D eigenvalue weighted by molar-refractivity contribution is 5.77. The quantitative estimate of drug-likeness (QED) is 0.810. The number of halogens is 3. The lowest BCUT2D eigenvalue weighted by Crippen LogP contribution is -2.48. The predicted molar refractivity (Wildman–Crippen MR) is 99.6 cm³/mol. The first kappa shape index (κ1) is 19.8. The molecule has 3 fully saturated rings. The Balaban J connectivity index is 1.23. The highest BCUT2D eigenvalue weighted by Crippen LogP contribution is 2.36. The molecule has 0 aliphatic carbocycles. The Labute approximate surface area is 167 Å². The van der Waals surface area contributed by atoms with Gasteiger partial charge in [0, 0.05) is 44.2 Å². The monoisotopic (exact) mass is 411 g/mol. The number of likely N-dealkylation sites (tertiary alicyclic amines) is 1. The number of amides is 2. The average molecular weight is 411 g/mol. The van der Waals surface area contributed by atoms with Crippen molar-refractivity contribution in [2.24, 2.45) is 5.92 Å². The molecule has 1 aromatic rings. The standard InChI is InChI=1S/C20H24F3N3O3/c21-20(22,23)15-7-8-25(11-15)17-4-1-13(2-5-17)14-9-26(10-14)18(27)6-3-16-12-29-19(28)24-16/h1-2,4-5,14-16H,3,6-12H2,(H,24,28)/t15?,16-/m1/s1. The summed E-state index contributed by atoms with van der Waals surface area (Å²) in [7, 11) is 0. The third-order valence-electron chi connectivity index (χ3n) is 6.06. The van der Waals surface area contributed by atoms with Crippen molar-refractivity contribution in [3.63, 3.8) is 0 Å². The van der Waals surface area contributed by atoms with Gasteiger partial charge >= 0.3 is 12.3 Å². The fourth-order valence-corrected chi connectivity index (χ4v) is 4.15. The number of alkyl carbamates (subject to hydrolysis) is 1. The minimum absolute atomic E-state index is 0.0149. The van der Waals surface area contributed by atoms with Crippen molar-refractivity contribution in [2.45, 2.75) is 37.4 Å². The van der Waals surface area contributed by atoms with Gasteiger partial charge in [-0.1, -0.05) is 12.1 Å². The van der Waals surface area contributed by atoms with Crippen LogP contribution in [0, 0.1) is 5.92 Å². The molecule has 0 aromatic heterocycles. The topological polar surface area (TPSA) is 61.9 Å². The molecule has 29 heavy (non-hydrogen) atoms. The van der Waals surface area contributed by atoms with Crippen molar-refractivity contribution in [1.82, 2.24) is 10.2 Å². The van der Waals surface area contributed by atoms with Gasteiger partial charge in [0.2, 0.25) is 5.91 Å². The molecule has 2 amide bonds. The summed E-state index contributed by atoms with van der Waals surface area (Å²) in [5.41, 5.74) is 1.91. The second-order valence-electron chi connectivity index (χ2n) is 8.04. The molecule has 2 atom stereocenters. The lowest BCUT2D eigenvalue weighted by atomic mass is 9.90. The third-order valence-corrected chi connectivity index (χ3v) is 6.06. The zero-order chi connectivity index (χ0) is 20.6. The molecule has 0 bridgehead atoms. The molecule has 3 aliphatic heterocycles. The smallest absolute Gasteiger partial charge is 0.407 e. The minimum atomic E-state index is -4.13. The summed E-state index contributed by atoms with van der Waals surface area (Å²) in [5.74, 6) is -0.934. The van der Waals surface area contributed by atoms with Crippen LogP contribution in [0.3, 0.4) is 0 Å². The molecule has 1 N–H and O–H groups in total. The summed E-state index contributed by atoms with van der Waals surface area (Å²) in [6.07, 6.45) is -3.49. The van der Waals surface area contributed by atoms with Crippen LogP contribution in [0.4, 0.5) is 23.7 Å². The van der Waals surface area contributed by atoms with Crippen LogP contribution in [-0.4, -0.2) is 61.9 Å². The first-order valence-electron chi connectivity index (χ1n) is 9.92. The summed E-state index contributed by atoms with van der Waals surface area (Å²) in [6, 6.07) is 7.56. The molecule has 9 heteroatoms. The predicted octanol–water partition coefficient (Wildman–Crippen LogP) is 2.89. The number of carbonyl (C=O) groups excluding carboxylic acids is 2. The number of ether oxygens (including phenoxy) is 1. The van der Waals surface area contributed by atoms with Crippen LogP contribution in [0.15, 0.2) is 24.3 Å². The lowest BCUT2D eigenvalue weighted by Gasteiger charge is -2.40. The van der Waals surface area contributed by atoms with Gasteiger partial charge in [-0.2, -0.15) is 13.2 Å². The highest BCUT2D eigenvalue weighted by atomic mass is 19.4. The van der Waals surface area contributed by atoms with E-state index >= 15 is 0 Å². The number of hydrogen-bond acceptors (Lipinski definition) is 4. The molecular formula is C20H24F3N3O3. The molecule has 1 unspecified atom stereocenters. The molecule has 3 saturated heterocycles. The number of anilines is 1. The molecular weight excluding hydrogens is 387 g/mol. The van der Waals surface area contributed by atoms with Gasteiger partial charge in [-0.3, -0.25) is 4.79 Å². The minimum Gasteiger partial charge on any atom is -0.447 e. The van der Waals surface area contributed by atoms with E-state index < -0.39 is 18.2 Å². The third kappa shape index (κ3) is 4.43. The van der Waals surface area contributed by atoms with Crippen molar-refractivity contribution in [2.75, 3.05) is 37.7 Å². The van der Waals surface area contributed by atoms with E-state index in [0.717, 1.165) is 11.3 Å². The van der Waals surface area contributed by atoms with Gasteiger partial charge in [0.15, 0.2) is 0 Å². The molecule has 4 rings (SSSR count). The second kappa shape index (κ2) is 7.76. The van der Waals surface area contributed by atoms with Gasteiger partial charge in [0.25, 0.3) is 0 Å². The second-order valence-corrected chi connectivity index (χ2v) is 8.04. The number of alkyl halides is 3. The van der Waals surface area contributed by atoms with E-state index in [-0.39, 0.29) is 30.8 Å². The van der Waals surface area contributed by atoms with E-state index in [1.165, 1.54) is 0 Å². The first-order chi connectivity index (χ1) is 13.8. The molecule has 0 radical (unpaired) electrons. The van der Waals surface area contributed by atoms with Gasteiger partial charge < -0.3 is 19.9 Å². The van der Waals surface area contributed by atoms with Crippen molar-refractivity contribution >= 4 is 17.7 Å². The normalized spacial score (nSPS) is 25.0. The fourth-order valence-electron chi connectivity index (χ4n) is 4.15. The maximum Gasteiger partial charge on any atom is 0.407 e. The molecule has 0 spiro atoms. The van der Waals surface area contributed by atoms with Crippen LogP contribution in [0.1, 0.15) is 30.7 Å². The summed E-state index contributed by atoms with van der Waals surface area (Å²) < 4.78 is 43.4. The number of nitrogens with zero attached hydrogens (tertiary/aromatic N) is 2. The average Bonchev–Trinajstić information content (AvgIpc) is 3.28. The largest absolute Gasteiger partial charge is 0.447 e. The number of carbonyl (C=O) groups is 2. The highest BCUT2D eigenvalue weighted by Gasteiger charge is 2.43. The van der Waals surface area contributed by atoms with Gasteiger partial charge in [-0.05, 0) is 30.5 Å². The molecule has 1 aromatic carbocycles. The number of hydrogen-bond donors (Lipinski definition) is 1. The van der Waals surface area contributed by atoms with Crippen LogP contribution in [0.2, 0.25) is 0 Å². The van der Waals surface area contributed by atoms with E-state index in [4.69, 9.17) is 4.74 Å². The Kier molecular flexibility index (Phi) is 5.31. The summed E-state index contributed by atoms with van der Waals surface area (Å²) >= 11 is 0. The lowest BCUT2D eigenvalue weighted by molar-refractivity contribution is -0.168. The molecule has 0 saturated carbocycles. The van der Waals surface area contributed by atoms with Gasteiger partial charge in [-0.25, -0.2) is 4.79 Å². The van der Waals surface area contributed by atoms with E-state index in [0.29, 0.717) is 39.1 Å². The summed E-state index contributed by atoms with van der Waals surface area (Å²) in [6.45, 7) is 2.03. The van der Waals surface area contributed by atoms with Crippen LogP contribution >= 0.6 is 0 Å². The molecule has 3 aliphatic rings. The zero-order valence-corrected chi connectivity index (χ0v) is 16.0. The van der Waals surface area contributed by atoms with Crippen LogP contribution < -0.4 is 10.2 Å².